The van der Waals surface area contributed by atoms with Gasteiger partial charge in [0, 0.05) is 17.1 Å². The first-order valence-corrected chi connectivity index (χ1v) is 8.76. The van der Waals surface area contributed by atoms with Gasteiger partial charge in [0.2, 0.25) is 0 Å². The Bertz CT molecular complexity index is 657. The summed E-state index contributed by atoms with van der Waals surface area (Å²) in [6, 6.07) is 0. The molecule has 0 saturated heterocycles. The Balaban J connectivity index is 1.87. The normalized spacial score (nSPS) is 38.2. The fourth-order valence-corrected chi connectivity index (χ4v) is 4.93. The highest BCUT2D eigenvalue weighted by molar-refractivity contribution is 5.89. The molecule has 0 spiro atoms. The van der Waals surface area contributed by atoms with Crippen LogP contribution in [0.25, 0.3) is 0 Å². The second-order valence-electron chi connectivity index (χ2n) is 8.02. The molecule has 0 aromatic carbocycles. The smallest absolute Gasteiger partial charge is 0.332 e. The van der Waals surface area contributed by atoms with Crippen LogP contribution in [-0.2, 0) is 14.3 Å². The number of aliphatic carboxylic acids is 1. The molecule has 3 aliphatic rings. The zero-order valence-corrected chi connectivity index (χ0v) is 14.7. The summed E-state index contributed by atoms with van der Waals surface area (Å²) in [4.78, 5) is 23.0. The van der Waals surface area contributed by atoms with E-state index < -0.39 is 5.97 Å². The van der Waals surface area contributed by atoms with Gasteiger partial charge in [0.15, 0.2) is 0 Å². The molecule has 0 aromatic heterocycles. The Morgan fingerprint density at radius 3 is 2.79 bits per heavy atom. The Labute approximate surface area is 143 Å². The van der Waals surface area contributed by atoms with Crippen LogP contribution in [0.15, 0.2) is 35.5 Å². The van der Waals surface area contributed by atoms with Crippen LogP contribution < -0.4 is 0 Å². The van der Waals surface area contributed by atoms with Gasteiger partial charge in [-0.25, -0.2) is 9.59 Å². The van der Waals surface area contributed by atoms with Crippen molar-refractivity contribution >= 4 is 11.9 Å². The van der Waals surface area contributed by atoms with Gasteiger partial charge in [-0.1, -0.05) is 39.0 Å². The summed E-state index contributed by atoms with van der Waals surface area (Å²) < 4.78 is 5.01. The van der Waals surface area contributed by atoms with Gasteiger partial charge in [-0.05, 0) is 48.5 Å². The van der Waals surface area contributed by atoms with Crippen molar-refractivity contribution in [3.63, 3.8) is 0 Å². The highest BCUT2D eigenvalue weighted by Gasteiger charge is 2.54. The predicted molar refractivity (Wildman–Crippen MR) is 91.2 cm³/mol. The zero-order chi connectivity index (χ0) is 17.5. The first-order valence-electron chi connectivity index (χ1n) is 8.76. The van der Waals surface area contributed by atoms with E-state index in [1.807, 2.05) is 6.08 Å². The lowest BCUT2D eigenvalue weighted by Gasteiger charge is -2.56. The van der Waals surface area contributed by atoms with Gasteiger partial charge >= 0.3 is 11.9 Å². The Hall–Kier alpha value is -1.84. The maximum absolute atomic E-state index is 11.7. The summed E-state index contributed by atoms with van der Waals surface area (Å²) in [5, 5.41) is 9.64. The van der Waals surface area contributed by atoms with E-state index in [0.717, 1.165) is 31.3 Å². The molecule has 24 heavy (non-hydrogen) atoms. The van der Waals surface area contributed by atoms with E-state index in [1.165, 1.54) is 0 Å². The number of hydrogen-bond donors (Lipinski definition) is 1. The van der Waals surface area contributed by atoms with E-state index in [-0.39, 0.29) is 22.7 Å². The van der Waals surface area contributed by atoms with Crippen molar-refractivity contribution in [1.82, 2.24) is 0 Å². The fourth-order valence-electron chi connectivity index (χ4n) is 4.93. The monoisotopic (exact) mass is 330 g/mol. The molecule has 1 aliphatic heterocycles. The first kappa shape index (κ1) is 17.0. The first-order chi connectivity index (χ1) is 11.3. The van der Waals surface area contributed by atoms with Crippen molar-refractivity contribution in [2.45, 2.75) is 46.5 Å². The lowest BCUT2D eigenvalue weighted by molar-refractivity contribution is -0.136. The molecule has 0 radical (unpaired) electrons. The molecule has 0 aromatic rings. The number of rotatable bonds is 4. The van der Waals surface area contributed by atoms with Gasteiger partial charge in [-0.15, -0.1) is 0 Å². The predicted octanol–water partition coefficient (Wildman–Crippen LogP) is 3.89. The number of cyclic esters (lactones) is 1. The van der Waals surface area contributed by atoms with E-state index in [0.29, 0.717) is 18.1 Å². The van der Waals surface area contributed by atoms with Crippen LogP contribution >= 0.6 is 0 Å². The quantitative estimate of drug-likeness (QED) is 0.794. The van der Waals surface area contributed by atoms with Gasteiger partial charge in [0.05, 0.1) is 0 Å². The lowest BCUT2D eigenvalue weighted by Crippen LogP contribution is -2.49. The molecule has 1 saturated carbocycles. The van der Waals surface area contributed by atoms with Crippen molar-refractivity contribution in [2.24, 2.45) is 22.7 Å². The lowest BCUT2D eigenvalue weighted by atomic mass is 9.48. The molecule has 1 fully saturated rings. The topological polar surface area (TPSA) is 63.6 Å². The van der Waals surface area contributed by atoms with E-state index in [4.69, 9.17) is 4.74 Å². The molecular weight excluding hydrogens is 304 g/mol. The van der Waals surface area contributed by atoms with E-state index in [1.54, 1.807) is 12.2 Å². The van der Waals surface area contributed by atoms with Crippen LogP contribution in [0.1, 0.15) is 46.5 Å². The summed E-state index contributed by atoms with van der Waals surface area (Å²) in [6.45, 7) is 7.07. The molecular formula is C20H26O4. The number of carbonyl (C=O) groups is 2. The number of ether oxygens (including phenoxy) is 1. The van der Waals surface area contributed by atoms with Crippen molar-refractivity contribution in [3.05, 3.63) is 35.5 Å². The van der Waals surface area contributed by atoms with Gasteiger partial charge in [0.1, 0.15) is 6.61 Å². The standard InChI is InChI=1S/C20H26O4/c1-13-7-9-20(3)15(18(22)23)5-4-6-16(20)19(13,2)10-8-14-11-17(21)24-12-14/h4-6,11,13,16H,7-10,12H2,1-3H3,(H,22,23)/t13-,16-,19+,20-/m0/s1. The number of hydrogen-bond acceptors (Lipinski definition) is 3. The molecule has 0 bridgehead atoms. The number of carboxylic acid groups (broad SMARTS) is 1. The van der Waals surface area contributed by atoms with Crippen LogP contribution in [0.2, 0.25) is 0 Å². The van der Waals surface area contributed by atoms with E-state index in [2.05, 4.69) is 26.8 Å². The highest BCUT2D eigenvalue weighted by atomic mass is 16.5. The fraction of sp³-hybridized carbons (Fsp3) is 0.600. The summed E-state index contributed by atoms with van der Waals surface area (Å²) in [5.74, 6) is -0.345. The Morgan fingerprint density at radius 1 is 1.42 bits per heavy atom. The third-order valence-electron chi connectivity index (χ3n) is 6.74. The molecule has 1 heterocycles. The molecule has 4 nitrogen and oxygen atoms in total. The van der Waals surface area contributed by atoms with Crippen molar-refractivity contribution in [1.29, 1.82) is 0 Å². The molecule has 130 valence electrons. The average molecular weight is 330 g/mol. The van der Waals surface area contributed by atoms with Crippen molar-refractivity contribution in [3.8, 4) is 0 Å². The summed E-state index contributed by atoms with van der Waals surface area (Å²) in [6.07, 6.45) is 11.2. The maximum atomic E-state index is 11.7. The summed E-state index contributed by atoms with van der Waals surface area (Å²) in [7, 11) is 0. The Morgan fingerprint density at radius 2 is 2.17 bits per heavy atom. The van der Waals surface area contributed by atoms with Crippen LogP contribution in [0.4, 0.5) is 0 Å². The molecule has 0 amide bonds. The van der Waals surface area contributed by atoms with Crippen LogP contribution in [0, 0.1) is 22.7 Å². The third kappa shape index (κ3) is 2.62. The molecule has 1 N–H and O–H groups in total. The summed E-state index contributed by atoms with van der Waals surface area (Å²) >= 11 is 0. The highest BCUT2D eigenvalue weighted by Crippen LogP contribution is 2.60. The zero-order valence-electron chi connectivity index (χ0n) is 14.7. The van der Waals surface area contributed by atoms with Gasteiger partial charge in [-0.2, -0.15) is 0 Å². The number of fused-ring (bicyclic) bond motifs is 1. The van der Waals surface area contributed by atoms with Crippen molar-refractivity contribution in [2.75, 3.05) is 6.61 Å². The second-order valence-corrected chi connectivity index (χ2v) is 8.02. The van der Waals surface area contributed by atoms with Gasteiger partial charge in [0.25, 0.3) is 0 Å². The Kier molecular flexibility index (Phi) is 4.18. The minimum atomic E-state index is -0.804. The van der Waals surface area contributed by atoms with E-state index >= 15 is 0 Å². The molecule has 2 aliphatic carbocycles. The number of esters is 1. The van der Waals surface area contributed by atoms with E-state index in [9.17, 15) is 14.7 Å². The number of carbonyl (C=O) groups excluding carboxylic acids is 1. The minimum absolute atomic E-state index is 0.00490. The minimum Gasteiger partial charge on any atom is -0.478 e. The third-order valence-corrected chi connectivity index (χ3v) is 6.74. The van der Waals surface area contributed by atoms with Crippen molar-refractivity contribution < 1.29 is 19.4 Å². The summed E-state index contributed by atoms with van der Waals surface area (Å²) in [5.41, 5.74) is 1.27. The SMILES string of the molecule is C[C@H]1CC[C@@]2(C)C(C(=O)O)=CC=C[C@H]2[C@]1(C)CCC1=CC(=O)OC1. The van der Waals surface area contributed by atoms with Gasteiger partial charge < -0.3 is 9.84 Å². The van der Waals surface area contributed by atoms with Crippen LogP contribution in [0.5, 0.6) is 0 Å². The van der Waals surface area contributed by atoms with Gasteiger partial charge in [-0.3, -0.25) is 0 Å². The maximum Gasteiger partial charge on any atom is 0.332 e. The average Bonchev–Trinajstić information content (AvgIpc) is 2.94. The molecule has 0 unspecified atom stereocenters. The van der Waals surface area contributed by atoms with Crippen LogP contribution in [0.3, 0.4) is 0 Å². The molecule has 4 atom stereocenters. The second kappa shape index (κ2) is 5.91. The number of carboxylic acids is 1. The largest absolute Gasteiger partial charge is 0.478 e. The molecule has 3 rings (SSSR count). The molecule has 4 heteroatoms. The van der Waals surface area contributed by atoms with Crippen LogP contribution in [-0.4, -0.2) is 23.7 Å². The number of allylic oxidation sites excluding steroid dienone is 3.